The summed E-state index contributed by atoms with van der Waals surface area (Å²) in [5.41, 5.74) is 0.647. The Morgan fingerprint density at radius 3 is 2.32 bits per heavy atom. The van der Waals surface area contributed by atoms with Gasteiger partial charge in [-0.1, -0.05) is 17.7 Å². The van der Waals surface area contributed by atoms with Crippen molar-refractivity contribution in [3.05, 3.63) is 86.4 Å². The van der Waals surface area contributed by atoms with E-state index in [0.717, 1.165) is 12.1 Å². The van der Waals surface area contributed by atoms with E-state index in [4.69, 9.17) is 11.6 Å². The lowest BCUT2D eigenvalue weighted by molar-refractivity contribution is -0.384. The fourth-order valence-corrected chi connectivity index (χ4v) is 4.46. The van der Waals surface area contributed by atoms with Crippen LogP contribution in [0.25, 0.3) is 0 Å². The van der Waals surface area contributed by atoms with Crippen LogP contribution in [-0.4, -0.2) is 24.4 Å². The number of rotatable bonds is 5. The second-order valence-electron chi connectivity index (χ2n) is 6.74. The number of hydrogen-bond donors (Lipinski definition) is 2. The Morgan fingerprint density at radius 2 is 1.71 bits per heavy atom. The van der Waals surface area contributed by atoms with Crippen molar-refractivity contribution >= 4 is 38.7 Å². The standard InChI is InChI=1S/C21H17ClN2O6S/c1-12-13(2)20(25)19(31(29,30)17-8-6-15(22)7-9-17)11-18(12)23-21(26)14-4-3-5-16(10-14)24(27)28/h3-11,25H,1-2H3,(H,23,26). The molecule has 0 saturated heterocycles. The summed E-state index contributed by atoms with van der Waals surface area (Å²) < 4.78 is 26.1. The van der Waals surface area contributed by atoms with E-state index in [9.17, 15) is 28.4 Å². The number of benzene rings is 3. The summed E-state index contributed by atoms with van der Waals surface area (Å²) >= 11 is 5.82. The zero-order valence-corrected chi connectivity index (χ0v) is 18.0. The van der Waals surface area contributed by atoms with Crippen LogP contribution in [0.15, 0.2) is 64.4 Å². The molecule has 0 radical (unpaired) electrons. The Labute approximate surface area is 183 Å². The molecular weight excluding hydrogens is 444 g/mol. The monoisotopic (exact) mass is 460 g/mol. The largest absolute Gasteiger partial charge is 0.506 e. The molecule has 0 bridgehead atoms. The number of phenolic OH excluding ortho intramolecular Hbond substituents is 1. The van der Waals surface area contributed by atoms with Crippen LogP contribution in [0.4, 0.5) is 11.4 Å². The van der Waals surface area contributed by atoms with E-state index in [1.54, 1.807) is 6.92 Å². The SMILES string of the molecule is Cc1c(NC(=O)c2cccc([N+](=O)[O-])c2)cc(S(=O)(=O)c2ccc(Cl)cc2)c(O)c1C. The lowest BCUT2D eigenvalue weighted by atomic mass is 10.1. The Balaban J connectivity index is 2.06. The summed E-state index contributed by atoms with van der Waals surface area (Å²) in [5, 5.41) is 24.4. The number of nitro benzene ring substituents is 1. The molecule has 0 unspecified atom stereocenters. The van der Waals surface area contributed by atoms with Crippen molar-refractivity contribution in [1.82, 2.24) is 0 Å². The van der Waals surface area contributed by atoms with Gasteiger partial charge in [-0.05, 0) is 61.4 Å². The van der Waals surface area contributed by atoms with Crippen molar-refractivity contribution in [2.75, 3.05) is 5.32 Å². The van der Waals surface area contributed by atoms with Gasteiger partial charge in [0.05, 0.1) is 9.82 Å². The molecule has 8 nitrogen and oxygen atoms in total. The summed E-state index contributed by atoms with van der Waals surface area (Å²) in [6.07, 6.45) is 0. The summed E-state index contributed by atoms with van der Waals surface area (Å²) in [7, 11) is -4.12. The maximum Gasteiger partial charge on any atom is 0.270 e. The molecule has 0 spiro atoms. The van der Waals surface area contributed by atoms with Crippen molar-refractivity contribution in [2.24, 2.45) is 0 Å². The zero-order chi connectivity index (χ0) is 22.9. The highest BCUT2D eigenvalue weighted by Gasteiger charge is 2.26. The van der Waals surface area contributed by atoms with E-state index in [0.29, 0.717) is 10.6 Å². The van der Waals surface area contributed by atoms with Crippen molar-refractivity contribution in [2.45, 2.75) is 23.6 Å². The van der Waals surface area contributed by atoms with E-state index in [1.807, 2.05) is 0 Å². The topological polar surface area (TPSA) is 127 Å². The molecule has 1 amide bonds. The maximum absolute atomic E-state index is 13.1. The highest BCUT2D eigenvalue weighted by molar-refractivity contribution is 7.91. The average molecular weight is 461 g/mol. The van der Waals surface area contributed by atoms with Crippen LogP contribution in [0.5, 0.6) is 5.75 Å². The zero-order valence-electron chi connectivity index (χ0n) is 16.4. The number of nitrogens with one attached hydrogen (secondary N) is 1. The van der Waals surface area contributed by atoms with Crippen LogP contribution < -0.4 is 5.32 Å². The summed E-state index contributed by atoms with van der Waals surface area (Å²) in [5.74, 6) is -1.09. The van der Waals surface area contributed by atoms with Crippen LogP contribution >= 0.6 is 11.6 Å². The van der Waals surface area contributed by atoms with Crippen LogP contribution in [0.3, 0.4) is 0 Å². The molecule has 3 rings (SSSR count). The minimum absolute atomic E-state index is 0.0291. The van der Waals surface area contributed by atoms with E-state index in [1.165, 1.54) is 49.4 Å². The van der Waals surface area contributed by atoms with Crippen molar-refractivity contribution in [3.63, 3.8) is 0 Å². The van der Waals surface area contributed by atoms with Gasteiger partial charge in [0.1, 0.15) is 10.6 Å². The molecule has 0 aliphatic rings. The number of anilines is 1. The van der Waals surface area contributed by atoms with Crippen molar-refractivity contribution in [3.8, 4) is 5.75 Å². The molecule has 2 N–H and O–H groups in total. The van der Waals surface area contributed by atoms with Crippen LogP contribution in [0.2, 0.25) is 5.02 Å². The van der Waals surface area contributed by atoms with Crippen LogP contribution in [0, 0.1) is 24.0 Å². The number of halogens is 1. The molecule has 0 aliphatic carbocycles. The fourth-order valence-electron chi connectivity index (χ4n) is 2.90. The minimum Gasteiger partial charge on any atom is -0.506 e. The number of carbonyl (C=O) groups is 1. The quantitative estimate of drug-likeness (QED) is 0.324. The lowest BCUT2D eigenvalue weighted by Gasteiger charge is -2.16. The van der Waals surface area contributed by atoms with Crippen molar-refractivity contribution < 1.29 is 23.2 Å². The molecule has 0 atom stereocenters. The predicted octanol–water partition coefficient (Wildman–Crippen LogP) is 4.66. The van der Waals surface area contributed by atoms with Gasteiger partial charge in [-0.3, -0.25) is 14.9 Å². The number of amides is 1. The van der Waals surface area contributed by atoms with Gasteiger partial charge in [0.25, 0.3) is 11.6 Å². The molecule has 31 heavy (non-hydrogen) atoms. The number of carbonyl (C=O) groups excluding carboxylic acids is 1. The number of nitro groups is 1. The second kappa shape index (κ2) is 8.37. The molecule has 0 fully saturated rings. The number of aromatic hydroxyl groups is 1. The Morgan fingerprint density at radius 1 is 1.06 bits per heavy atom. The third-order valence-electron chi connectivity index (χ3n) is 4.81. The van der Waals surface area contributed by atoms with Gasteiger partial charge >= 0.3 is 0 Å². The van der Waals surface area contributed by atoms with E-state index >= 15 is 0 Å². The Kier molecular flexibility index (Phi) is 6.01. The summed E-state index contributed by atoms with van der Waals surface area (Å²) in [4.78, 5) is 22.5. The summed E-state index contributed by atoms with van der Waals surface area (Å²) in [6, 6.07) is 11.8. The fraction of sp³-hybridized carbons (Fsp3) is 0.0952. The number of non-ortho nitro benzene ring substituents is 1. The Bertz CT molecular complexity index is 1300. The van der Waals surface area contributed by atoms with E-state index < -0.39 is 26.4 Å². The van der Waals surface area contributed by atoms with E-state index in [2.05, 4.69) is 5.32 Å². The van der Waals surface area contributed by atoms with Gasteiger partial charge in [-0.25, -0.2) is 8.42 Å². The lowest BCUT2D eigenvalue weighted by Crippen LogP contribution is -2.14. The average Bonchev–Trinajstić information content (AvgIpc) is 2.74. The van der Waals surface area contributed by atoms with Gasteiger partial charge in [-0.2, -0.15) is 0 Å². The van der Waals surface area contributed by atoms with Gasteiger partial charge in [0.15, 0.2) is 0 Å². The minimum atomic E-state index is -4.12. The Hall–Kier alpha value is -3.43. The molecule has 3 aromatic carbocycles. The number of sulfone groups is 1. The van der Waals surface area contributed by atoms with E-state index in [-0.39, 0.29) is 32.3 Å². The molecule has 0 aliphatic heterocycles. The molecule has 10 heteroatoms. The highest BCUT2D eigenvalue weighted by Crippen LogP contribution is 2.37. The van der Waals surface area contributed by atoms with Gasteiger partial charge in [-0.15, -0.1) is 0 Å². The first kappa shape index (κ1) is 22.3. The normalized spacial score (nSPS) is 11.2. The van der Waals surface area contributed by atoms with Gasteiger partial charge < -0.3 is 10.4 Å². The first-order valence-corrected chi connectivity index (χ1v) is 10.8. The third kappa shape index (κ3) is 4.37. The molecular formula is C21H17ClN2O6S. The second-order valence-corrected chi connectivity index (χ2v) is 9.09. The molecule has 0 aromatic heterocycles. The smallest absolute Gasteiger partial charge is 0.270 e. The first-order valence-electron chi connectivity index (χ1n) is 8.92. The number of hydrogen-bond acceptors (Lipinski definition) is 6. The first-order chi connectivity index (χ1) is 14.5. The predicted molar refractivity (Wildman–Crippen MR) is 116 cm³/mol. The number of phenols is 1. The maximum atomic E-state index is 13.1. The molecule has 160 valence electrons. The van der Waals surface area contributed by atoms with Crippen LogP contribution in [-0.2, 0) is 9.84 Å². The summed E-state index contributed by atoms with van der Waals surface area (Å²) in [6.45, 7) is 3.13. The van der Waals surface area contributed by atoms with Crippen molar-refractivity contribution in [1.29, 1.82) is 0 Å². The van der Waals surface area contributed by atoms with Crippen LogP contribution in [0.1, 0.15) is 21.5 Å². The highest BCUT2D eigenvalue weighted by atomic mass is 35.5. The van der Waals surface area contributed by atoms with Gasteiger partial charge in [0.2, 0.25) is 9.84 Å². The number of nitrogens with zero attached hydrogens (tertiary/aromatic N) is 1. The molecule has 0 heterocycles. The van der Waals surface area contributed by atoms with Gasteiger partial charge in [0, 0.05) is 28.4 Å². The third-order valence-corrected chi connectivity index (χ3v) is 6.85. The molecule has 3 aromatic rings. The molecule has 0 saturated carbocycles.